The molecule has 0 amide bonds. The molecule has 2 heteroatoms. The number of nitrogens with zero attached hydrogens (tertiary/aromatic N) is 2. The fourth-order valence-electron chi connectivity index (χ4n) is 12.4. The first-order chi connectivity index (χ1) is 39.7. The van der Waals surface area contributed by atoms with Crippen LogP contribution in [0.2, 0.25) is 0 Å². The van der Waals surface area contributed by atoms with Gasteiger partial charge in [-0.25, -0.2) is 0 Å². The normalized spacial score (nSPS) is 11.5. The van der Waals surface area contributed by atoms with E-state index in [9.17, 15) is 0 Å². The number of hydrogen-bond acceptors (Lipinski definition) is 2. The first kappa shape index (κ1) is 46.7. The molecule has 0 heterocycles. The lowest BCUT2D eigenvalue weighted by atomic mass is 9.94. The molecule has 0 N–H and O–H groups in total. The van der Waals surface area contributed by atoms with Crippen molar-refractivity contribution in [2.24, 2.45) is 0 Å². The molecule has 0 aliphatic heterocycles. The number of benzene rings is 15. The summed E-state index contributed by atoms with van der Waals surface area (Å²) in [6.45, 7) is 0. The molecule has 0 aromatic heterocycles. The Kier molecular flexibility index (Phi) is 11.6. The molecular weight excluding hydrogens is 965 g/mol. The summed E-state index contributed by atoms with van der Waals surface area (Å²) in [7, 11) is 0. The van der Waals surface area contributed by atoms with Crippen molar-refractivity contribution in [3.8, 4) is 44.5 Å². The third-order valence-electron chi connectivity index (χ3n) is 16.2. The molecule has 0 spiro atoms. The predicted molar refractivity (Wildman–Crippen MR) is 343 cm³/mol. The highest BCUT2D eigenvalue weighted by molar-refractivity contribution is 6.23. The first-order valence-corrected chi connectivity index (χ1v) is 27.6. The van der Waals surface area contributed by atoms with Crippen molar-refractivity contribution in [1.29, 1.82) is 0 Å². The molecule has 0 aliphatic carbocycles. The van der Waals surface area contributed by atoms with Gasteiger partial charge < -0.3 is 9.80 Å². The molecule has 0 radical (unpaired) electrons. The van der Waals surface area contributed by atoms with Crippen molar-refractivity contribution in [2.45, 2.75) is 0 Å². The summed E-state index contributed by atoms with van der Waals surface area (Å²) in [6, 6.07) is 116. The Morgan fingerprint density at radius 1 is 0.150 bits per heavy atom. The van der Waals surface area contributed by atoms with E-state index >= 15 is 0 Å². The average molecular weight is 1020 g/mol. The van der Waals surface area contributed by atoms with E-state index in [0.717, 1.165) is 55.7 Å². The Balaban J connectivity index is 0.940. The van der Waals surface area contributed by atoms with E-state index in [1.54, 1.807) is 0 Å². The van der Waals surface area contributed by atoms with Gasteiger partial charge in [0.2, 0.25) is 0 Å². The van der Waals surface area contributed by atoms with Crippen molar-refractivity contribution in [1.82, 2.24) is 0 Å². The molecule has 15 aromatic rings. The number of anilines is 6. The molecule has 0 aliphatic rings. The Labute approximate surface area is 465 Å². The van der Waals surface area contributed by atoms with Gasteiger partial charge in [-0.15, -0.1) is 0 Å². The fourth-order valence-corrected chi connectivity index (χ4v) is 12.4. The smallest absolute Gasteiger partial charge is 0.0619 e. The van der Waals surface area contributed by atoms with Gasteiger partial charge in [0.25, 0.3) is 0 Å². The van der Waals surface area contributed by atoms with Crippen LogP contribution in [0, 0.1) is 0 Å². The van der Waals surface area contributed by atoms with Crippen molar-refractivity contribution >= 4 is 98.8 Å². The maximum Gasteiger partial charge on any atom is 0.0619 e. The van der Waals surface area contributed by atoms with E-state index in [4.69, 9.17) is 0 Å². The fraction of sp³-hybridized carbons (Fsp3) is 0. The van der Waals surface area contributed by atoms with Crippen LogP contribution in [0.15, 0.2) is 315 Å². The van der Waals surface area contributed by atoms with Crippen LogP contribution in [0.25, 0.3) is 109 Å². The zero-order chi connectivity index (χ0) is 52.9. The minimum atomic E-state index is 1.07. The molecule has 0 unspecified atom stereocenters. The molecule has 0 bridgehead atoms. The number of rotatable bonds is 10. The molecule has 15 rings (SSSR count). The minimum absolute atomic E-state index is 1.07. The van der Waals surface area contributed by atoms with E-state index < -0.39 is 0 Å². The van der Waals surface area contributed by atoms with Gasteiger partial charge in [0.05, 0.1) is 11.4 Å². The van der Waals surface area contributed by atoms with Crippen molar-refractivity contribution in [2.75, 3.05) is 9.80 Å². The van der Waals surface area contributed by atoms with E-state index in [-0.39, 0.29) is 0 Å². The van der Waals surface area contributed by atoms with Crippen LogP contribution < -0.4 is 9.80 Å². The van der Waals surface area contributed by atoms with Crippen molar-refractivity contribution in [3.63, 3.8) is 0 Å². The van der Waals surface area contributed by atoms with Crippen LogP contribution in [0.5, 0.6) is 0 Å². The van der Waals surface area contributed by atoms with Crippen molar-refractivity contribution < 1.29 is 0 Å². The minimum Gasteiger partial charge on any atom is -0.309 e. The van der Waals surface area contributed by atoms with Crippen molar-refractivity contribution in [3.05, 3.63) is 315 Å². The molecule has 2 nitrogen and oxygen atoms in total. The Morgan fingerprint density at radius 3 is 0.562 bits per heavy atom. The van der Waals surface area contributed by atoms with Gasteiger partial charge in [0.1, 0.15) is 0 Å². The second kappa shape index (κ2) is 19.8. The summed E-state index contributed by atoms with van der Waals surface area (Å²) < 4.78 is 0. The molecule has 80 heavy (non-hydrogen) atoms. The highest BCUT2D eigenvalue weighted by Crippen LogP contribution is 2.52. The first-order valence-electron chi connectivity index (χ1n) is 27.6. The summed E-state index contributed by atoms with van der Waals surface area (Å²) in [5.41, 5.74) is 16.1. The zero-order valence-corrected chi connectivity index (χ0v) is 43.9. The molecule has 0 saturated carbocycles. The average Bonchev–Trinajstić information content (AvgIpc) is 3.71. The topological polar surface area (TPSA) is 6.48 Å². The second-order valence-electron chi connectivity index (χ2n) is 20.8. The zero-order valence-electron chi connectivity index (χ0n) is 43.9. The lowest BCUT2D eigenvalue weighted by Gasteiger charge is -2.33. The van der Waals surface area contributed by atoms with E-state index in [2.05, 4.69) is 325 Å². The Hall–Kier alpha value is -10.5. The van der Waals surface area contributed by atoms with Crippen LogP contribution >= 0.6 is 0 Å². The highest BCUT2D eigenvalue weighted by Gasteiger charge is 2.26. The Bertz CT molecular complexity index is 4180. The molecule has 374 valence electrons. The summed E-state index contributed by atoms with van der Waals surface area (Å²) in [5.74, 6) is 0. The molecule has 0 saturated heterocycles. The SMILES string of the molecule is c1ccc2c(-c3ccc(N(c4ccc(-c5cccc6ccccc56)cc4)c4c5ccccc5c(N(c5ccc(-c6cccc7ccccc67)cc5)c5ccc(-c6cccc7ccccc67)cc5)c5ccccc45)cc3)cccc2c1. The standard InChI is InChI=1S/C78H52N2/c1-5-25-65-53(17-1)21-13-33-69(65)57-37-45-61(46-38-57)79(62-47-39-58(40-48-62)70-34-14-22-54-18-2-6-26-66(54)70)77-73-29-9-11-31-75(73)78(76-32-12-10-30-74(76)77)80(63-49-41-59(42-50-63)71-35-15-23-55-19-3-7-27-67(55)71)64-51-43-60(44-52-64)72-36-16-24-56-20-4-8-28-68(56)72/h1-52H. The van der Waals surface area contributed by atoms with E-state index in [1.165, 1.54) is 87.6 Å². The molecule has 0 fully saturated rings. The van der Waals surface area contributed by atoms with Gasteiger partial charge in [-0.2, -0.15) is 0 Å². The summed E-state index contributed by atoms with van der Waals surface area (Å²) >= 11 is 0. The van der Waals surface area contributed by atoms with Gasteiger partial charge in [0, 0.05) is 44.3 Å². The van der Waals surface area contributed by atoms with E-state index in [1.807, 2.05) is 0 Å². The molecular formula is C78H52N2. The van der Waals surface area contributed by atoms with Crippen LogP contribution in [-0.4, -0.2) is 0 Å². The summed E-state index contributed by atoms with van der Waals surface area (Å²) in [6.07, 6.45) is 0. The lowest BCUT2D eigenvalue weighted by molar-refractivity contribution is 1.29. The largest absolute Gasteiger partial charge is 0.309 e. The monoisotopic (exact) mass is 1020 g/mol. The van der Waals surface area contributed by atoms with E-state index in [0.29, 0.717) is 0 Å². The van der Waals surface area contributed by atoms with Gasteiger partial charge in [-0.05, 0) is 136 Å². The third-order valence-corrected chi connectivity index (χ3v) is 16.2. The van der Waals surface area contributed by atoms with Crippen LogP contribution in [0.4, 0.5) is 34.1 Å². The van der Waals surface area contributed by atoms with Gasteiger partial charge in [-0.1, -0.05) is 267 Å². The quantitative estimate of drug-likeness (QED) is 0.0995. The lowest BCUT2D eigenvalue weighted by Crippen LogP contribution is -2.14. The molecule has 0 atom stereocenters. The second-order valence-corrected chi connectivity index (χ2v) is 20.8. The van der Waals surface area contributed by atoms with Gasteiger partial charge in [0.15, 0.2) is 0 Å². The summed E-state index contributed by atoms with van der Waals surface area (Å²) in [5, 5.41) is 14.5. The van der Waals surface area contributed by atoms with Crippen LogP contribution in [-0.2, 0) is 0 Å². The maximum atomic E-state index is 2.48. The molecule has 15 aromatic carbocycles. The summed E-state index contributed by atoms with van der Waals surface area (Å²) in [4.78, 5) is 4.97. The predicted octanol–water partition coefficient (Wildman–Crippen LogP) is 22.2. The maximum absolute atomic E-state index is 2.48. The van der Waals surface area contributed by atoms with Crippen LogP contribution in [0.1, 0.15) is 0 Å². The van der Waals surface area contributed by atoms with Gasteiger partial charge >= 0.3 is 0 Å². The number of fused-ring (bicyclic) bond motifs is 6. The van der Waals surface area contributed by atoms with Gasteiger partial charge in [-0.3, -0.25) is 0 Å². The number of hydrogen-bond donors (Lipinski definition) is 0. The Morgan fingerprint density at radius 2 is 0.338 bits per heavy atom. The third kappa shape index (κ3) is 8.13. The van der Waals surface area contributed by atoms with Crippen LogP contribution in [0.3, 0.4) is 0 Å². The highest BCUT2D eigenvalue weighted by atomic mass is 15.2.